The number of hydrogen-bond acceptors (Lipinski definition) is 4. The van der Waals surface area contributed by atoms with E-state index < -0.39 is 0 Å². The summed E-state index contributed by atoms with van der Waals surface area (Å²) >= 11 is 0. The molecule has 2 saturated heterocycles. The molecule has 0 aromatic carbocycles. The second kappa shape index (κ2) is 5.61. The molecule has 5 heteroatoms. The molecule has 2 unspecified atom stereocenters. The first-order valence-corrected chi connectivity index (χ1v) is 6.16. The van der Waals surface area contributed by atoms with Gasteiger partial charge in [0.2, 0.25) is 0 Å². The molecule has 0 aliphatic carbocycles. The normalized spacial score (nSPS) is 31.4. The third-order valence-electron chi connectivity index (χ3n) is 3.30. The Morgan fingerprint density at radius 2 is 2.25 bits per heavy atom. The van der Waals surface area contributed by atoms with Crippen molar-refractivity contribution in [3.8, 4) is 0 Å². The summed E-state index contributed by atoms with van der Waals surface area (Å²) in [6.45, 7) is 4.05. The van der Waals surface area contributed by atoms with Crippen LogP contribution in [0.2, 0.25) is 0 Å². The van der Waals surface area contributed by atoms with Crippen LogP contribution in [0.15, 0.2) is 0 Å². The summed E-state index contributed by atoms with van der Waals surface area (Å²) in [5.74, 6) is 0.152. The van der Waals surface area contributed by atoms with Gasteiger partial charge in [0, 0.05) is 26.2 Å². The predicted molar refractivity (Wildman–Crippen MR) is 61.0 cm³/mol. The number of rotatable bonds is 2. The van der Waals surface area contributed by atoms with Crippen molar-refractivity contribution >= 4 is 5.91 Å². The number of ether oxygens (including phenoxy) is 1. The van der Waals surface area contributed by atoms with Crippen LogP contribution in [0.3, 0.4) is 0 Å². The first kappa shape index (κ1) is 11.8. The lowest BCUT2D eigenvalue weighted by Crippen LogP contribution is -2.41. The molecule has 1 amide bonds. The molecule has 2 rings (SSSR count). The van der Waals surface area contributed by atoms with E-state index in [0.717, 1.165) is 45.4 Å². The van der Waals surface area contributed by atoms with Crippen molar-refractivity contribution in [1.29, 1.82) is 0 Å². The quantitative estimate of drug-likeness (QED) is 0.655. The lowest BCUT2D eigenvalue weighted by atomic mass is 10.2. The Kier molecular flexibility index (Phi) is 4.15. The molecule has 0 saturated carbocycles. The number of carbonyl (C=O) groups excluding carboxylic acids is 1. The maximum absolute atomic E-state index is 12.1. The van der Waals surface area contributed by atoms with E-state index in [1.54, 1.807) is 0 Å². The van der Waals surface area contributed by atoms with E-state index in [1.165, 1.54) is 0 Å². The van der Waals surface area contributed by atoms with Crippen LogP contribution < -0.4 is 11.1 Å². The summed E-state index contributed by atoms with van der Waals surface area (Å²) in [7, 11) is 0. The standard InChI is InChI=1S/C11H21N3O2/c12-8-9-2-3-10(16-9)11(15)14-6-1-4-13-5-7-14/h9-10,13H,1-8,12H2. The summed E-state index contributed by atoms with van der Waals surface area (Å²) in [5.41, 5.74) is 5.54. The predicted octanol–water partition coefficient (Wildman–Crippen LogP) is -0.685. The van der Waals surface area contributed by atoms with Gasteiger partial charge in [0.05, 0.1) is 6.10 Å². The Morgan fingerprint density at radius 3 is 3.00 bits per heavy atom. The molecule has 0 aromatic rings. The Labute approximate surface area is 96.3 Å². The Bertz CT molecular complexity index is 239. The van der Waals surface area contributed by atoms with Gasteiger partial charge in [-0.3, -0.25) is 4.79 Å². The minimum absolute atomic E-state index is 0.0825. The average molecular weight is 227 g/mol. The zero-order chi connectivity index (χ0) is 11.4. The van der Waals surface area contributed by atoms with Gasteiger partial charge < -0.3 is 20.7 Å². The largest absolute Gasteiger partial charge is 0.364 e. The molecule has 2 aliphatic heterocycles. The second-order valence-electron chi connectivity index (χ2n) is 4.49. The van der Waals surface area contributed by atoms with Crippen LogP contribution in [-0.2, 0) is 9.53 Å². The van der Waals surface area contributed by atoms with Gasteiger partial charge >= 0.3 is 0 Å². The number of carbonyl (C=O) groups is 1. The lowest BCUT2D eigenvalue weighted by molar-refractivity contribution is -0.142. The molecule has 0 spiro atoms. The maximum Gasteiger partial charge on any atom is 0.251 e. The van der Waals surface area contributed by atoms with Crippen molar-refractivity contribution in [2.24, 2.45) is 5.73 Å². The smallest absolute Gasteiger partial charge is 0.251 e. The van der Waals surface area contributed by atoms with Crippen LogP contribution in [0.5, 0.6) is 0 Å². The molecule has 0 radical (unpaired) electrons. The zero-order valence-electron chi connectivity index (χ0n) is 9.65. The van der Waals surface area contributed by atoms with Gasteiger partial charge in [-0.25, -0.2) is 0 Å². The molecule has 92 valence electrons. The van der Waals surface area contributed by atoms with Gasteiger partial charge in [-0.1, -0.05) is 0 Å². The van der Waals surface area contributed by atoms with Crippen molar-refractivity contribution in [2.75, 3.05) is 32.7 Å². The monoisotopic (exact) mass is 227 g/mol. The van der Waals surface area contributed by atoms with Crippen LogP contribution in [-0.4, -0.2) is 55.7 Å². The molecule has 5 nitrogen and oxygen atoms in total. The van der Waals surface area contributed by atoms with Crippen molar-refractivity contribution < 1.29 is 9.53 Å². The second-order valence-corrected chi connectivity index (χ2v) is 4.49. The molecule has 2 aliphatic rings. The number of hydrogen-bond donors (Lipinski definition) is 2. The molecule has 16 heavy (non-hydrogen) atoms. The summed E-state index contributed by atoms with van der Waals surface area (Å²) < 4.78 is 5.63. The van der Waals surface area contributed by atoms with Crippen molar-refractivity contribution in [3.05, 3.63) is 0 Å². The Balaban J connectivity index is 1.86. The molecular weight excluding hydrogens is 206 g/mol. The van der Waals surface area contributed by atoms with Gasteiger partial charge in [-0.05, 0) is 25.8 Å². The molecule has 0 aromatic heterocycles. The van der Waals surface area contributed by atoms with Crippen LogP contribution in [0, 0.1) is 0 Å². The molecular formula is C11H21N3O2. The third kappa shape index (κ3) is 2.72. The minimum Gasteiger partial charge on any atom is -0.364 e. The number of nitrogens with one attached hydrogen (secondary N) is 1. The van der Waals surface area contributed by atoms with E-state index in [4.69, 9.17) is 10.5 Å². The van der Waals surface area contributed by atoms with E-state index in [1.807, 2.05) is 4.90 Å². The minimum atomic E-state index is -0.244. The van der Waals surface area contributed by atoms with Gasteiger partial charge in [0.15, 0.2) is 0 Å². The third-order valence-corrected chi connectivity index (χ3v) is 3.30. The van der Waals surface area contributed by atoms with E-state index in [9.17, 15) is 4.79 Å². The van der Waals surface area contributed by atoms with Gasteiger partial charge in [-0.2, -0.15) is 0 Å². The molecule has 2 atom stereocenters. The number of nitrogens with two attached hydrogens (primary N) is 1. The van der Waals surface area contributed by atoms with E-state index in [2.05, 4.69) is 5.32 Å². The summed E-state index contributed by atoms with van der Waals surface area (Å²) in [5, 5.41) is 3.29. The highest BCUT2D eigenvalue weighted by atomic mass is 16.5. The molecule has 2 heterocycles. The first-order valence-electron chi connectivity index (χ1n) is 6.16. The Morgan fingerprint density at radius 1 is 1.38 bits per heavy atom. The zero-order valence-corrected chi connectivity index (χ0v) is 9.65. The van der Waals surface area contributed by atoms with Gasteiger partial charge in [0.1, 0.15) is 6.10 Å². The van der Waals surface area contributed by atoms with Gasteiger partial charge in [0.25, 0.3) is 5.91 Å². The number of nitrogens with zero attached hydrogens (tertiary/aromatic N) is 1. The van der Waals surface area contributed by atoms with Crippen LogP contribution in [0.25, 0.3) is 0 Å². The summed E-state index contributed by atoms with van der Waals surface area (Å²) in [4.78, 5) is 14.1. The SMILES string of the molecule is NCC1CCC(C(=O)N2CCCNCC2)O1. The van der Waals surface area contributed by atoms with Gasteiger partial charge in [-0.15, -0.1) is 0 Å². The molecule has 2 fully saturated rings. The van der Waals surface area contributed by atoms with E-state index in [0.29, 0.717) is 6.54 Å². The molecule has 0 bridgehead atoms. The highest BCUT2D eigenvalue weighted by molar-refractivity contribution is 5.81. The average Bonchev–Trinajstić information content (AvgIpc) is 2.62. The van der Waals surface area contributed by atoms with Crippen LogP contribution in [0.1, 0.15) is 19.3 Å². The maximum atomic E-state index is 12.1. The van der Waals surface area contributed by atoms with Crippen molar-refractivity contribution in [2.45, 2.75) is 31.5 Å². The fraction of sp³-hybridized carbons (Fsp3) is 0.909. The van der Waals surface area contributed by atoms with Crippen LogP contribution >= 0.6 is 0 Å². The highest BCUT2D eigenvalue weighted by Crippen LogP contribution is 2.20. The Hall–Kier alpha value is -0.650. The molecule has 3 N–H and O–H groups in total. The number of amides is 1. The van der Waals surface area contributed by atoms with Crippen molar-refractivity contribution in [3.63, 3.8) is 0 Å². The van der Waals surface area contributed by atoms with E-state index in [-0.39, 0.29) is 18.1 Å². The lowest BCUT2D eigenvalue weighted by Gasteiger charge is -2.23. The highest BCUT2D eigenvalue weighted by Gasteiger charge is 2.32. The topological polar surface area (TPSA) is 67.6 Å². The van der Waals surface area contributed by atoms with Crippen LogP contribution in [0.4, 0.5) is 0 Å². The van der Waals surface area contributed by atoms with Crippen molar-refractivity contribution in [1.82, 2.24) is 10.2 Å². The fourth-order valence-electron chi connectivity index (χ4n) is 2.33. The summed E-state index contributed by atoms with van der Waals surface area (Å²) in [6.07, 6.45) is 2.60. The van der Waals surface area contributed by atoms with E-state index >= 15 is 0 Å². The summed E-state index contributed by atoms with van der Waals surface area (Å²) in [6, 6.07) is 0. The fourth-order valence-corrected chi connectivity index (χ4v) is 2.33. The first-order chi connectivity index (χ1) is 7.81.